The maximum Gasteiger partial charge on any atom is 0.121 e. The van der Waals surface area contributed by atoms with E-state index in [-0.39, 0.29) is 0 Å². The molecule has 0 saturated carbocycles. The Morgan fingerprint density at radius 3 is 2.72 bits per heavy atom. The number of methoxy groups -OCH3 is 1. The number of ether oxygens (including phenoxy) is 1. The van der Waals surface area contributed by atoms with Crippen molar-refractivity contribution >= 4 is 11.4 Å². The summed E-state index contributed by atoms with van der Waals surface area (Å²) in [5.74, 6) is 0.825. The third kappa shape index (κ3) is 4.45. The molecule has 3 N–H and O–H groups in total. The van der Waals surface area contributed by atoms with Gasteiger partial charge in [-0.05, 0) is 46.0 Å². The summed E-state index contributed by atoms with van der Waals surface area (Å²) < 4.78 is 5.18. The third-order valence-corrected chi connectivity index (χ3v) is 3.15. The van der Waals surface area contributed by atoms with Gasteiger partial charge in [0.05, 0.1) is 18.5 Å². The molecule has 4 nitrogen and oxygen atoms in total. The van der Waals surface area contributed by atoms with E-state index in [0.717, 1.165) is 36.6 Å². The number of nitrogens with one attached hydrogen (secondary N) is 1. The highest BCUT2D eigenvalue weighted by atomic mass is 16.5. The van der Waals surface area contributed by atoms with Crippen LogP contribution in [0.4, 0.5) is 11.4 Å². The number of benzene rings is 1. The molecule has 0 aliphatic rings. The average Bonchev–Trinajstić information content (AvgIpc) is 2.36. The van der Waals surface area contributed by atoms with Crippen molar-refractivity contribution in [3.05, 3.63) is 18.2 Å². The van der Waals surface area contributed by atoms with Crippen molar-refractivity contribution in [2.24, 2.45) is 0 Å². The second-order valence-electron chi connectivity index (χ2n) is 4.81. The number of hydrogen-bond acceptors (Lipinski definition) is 4. The second-order valence-corrected chi connectivity index (χ2v) is 4.81. The standard InChI is InChI=1S/C14H25N3O/c1-11(2)17(3)9-5-8-16-14-10-12(18-4)6-7-13(14)15/h6-7,10-11,16H,5,8-9,15H2,1-4H3. The summed E-state index contributed by atoms with van der Waals surface area (Å²) >= 11 is 0. The quantitative estimate of drug-likeness (QED) is 0.577. The van der Waals surface area contributed by atoms with Gasteiger partial charge in [0.2, 0.25) is 0 Å². The van der Waals surface area contributed by atoms with Crippen LogP contribution in [0.15, 0.2) is 18.2 Å². The molecule has 0 unspecified atom stereocenters. The number of hydrogen-bond donors (Lipinski definition) is 2. The lowest BCUT2D eigenvalue weighted by Gasteiger charge is -2.21. The fraction of sp³-hybridized carbons (Fsp3) is 0.571. The van der Waals surface area contributed by atoms with Crippen LogP contribution < -0.4 is 15.8 Å². The lowest BCUT2D eigenvalue weighted by atomic mass is 10.2. The van der Waals surface area contributed by atoms with Crippen LogP contribution in [-0.4, -0.2) is 38.2 Å². The average molecular weight is 251 g/mol. The molecule has 0 aliphatic carbocycles. The van der Waals surface area contributed by atoms with E-state index in [0.29, 0.717) is 6.04 Å². The van der Waals surface area contributed by atoms with Gasteiger partial charge in [0, 0.05) is 18.7 Å². The van der Waals surface area contributed by atoms with Crippen molar-refractivity contribution in [3.8, 4) is 5.75 Å². The lowest BCUT2D eigenvalue weighted by Crippen LogP contribution is -2.28. The van der Waals surface area contributed by atoms with Crippen molar-refractivity contribution in [2.45, 2.75) is 26.3 Å². The molecule has 0 bridgehead atoms. The van der Waals surface area contributed by atoms with E-state index >= 15 is 0 Å². The molecule has 0 amide bonds. The Morgan fingerprint density at radius 1 is 1.39 bits per heavy atom. The van der Waals surface area contributed by atoms with Crippen molar-refractivity contribution in [3.63, 3.8) is 0 Å². The molecule has 102 valence electrons. The molecule has 0 heterocycles. The van der Waals surface area contributed by atoms with Gasteiger partial charge >= 0.3 is 0 Å². The molecule has 4 heteroatoms. The molecule has 18 heavy (non-hydrogen) atoms. The Bertz CT molecular complexity index is 366. The Balaban J connectivity index is 2.39. The smallest absolute Gasteiger partial charge is 0.121 e. The SMILES string of the molecule is COc1ccc(N)c(NCCCN(C)C(C)C)c1. The number of nitrogen functional groups attached to an aromatic ring is 1. The first-order valence-corrected chi connectivity index (χ1v) is 6.42. The minimum Gasteiger partial charge on any atom is -0.497 e. The van der Waals surface area contributed by atoms with Gasteiger partial charge in [-0.2, -0.15) is 0 Å². The highest BCUT2D eigenvalue weighted by Crippen LogP contribution is 2.24. The zero-order valence-electron chi connectivity index (χ0n) is 11.9. The molecule has 0 aromatic heterocycles. The summed E-state index contributed by atoms with van der Waals surface area (Å²) in [4.78, 5) is 2.33. The number of nitrogens with two attached hydrogens (primary N) is 1. The van der Waals surface area contributed by atoms with E-state index in [9.17, 15) is 0 Å². The fourth-order valence-corrected chi connectivity index (χ4v) is 1.63. The van der Waals surface area contributed by atoms with Gasteiger partial charge in [-0.1, -0.05) is 0 Å². The molecule has 0 spiro atoms. The van der Waals surface area contributed by atoms with Gasteiger partial charge < -0.3 is 20.7 Å². The molecular weight excluding hydrogens is 226 g/mol. The zero-order valence-corrected chi connectivity index (χ0v) is 11.9. The summed E-state index contributed by atoms with van der Waals surface area (Å²) in [6.07, 6.45) is 1.09. The third-order valence-electron chi connectivity index (χ3n) is 3.15. The van der Waals surface area contributed by atoms with E-state index < -0.39 is 0 Å². The van der Waals surface area contributed by atoms with Crippen LogP contribution in [0.3, 0.4) is 0 Å². The van der Waals surface area contributed by atoms with Crippen LogP contribution >= 0.6 is 0 Å². The van der Waals surface area contributed by atoms with E-state index in [1.807, 2.05) is 18.2 Å². The summed E-state index contributed by atoms with van der Waals surface area (Å²) in [5, 5.41) is 3.35. The van der Waals surface area contributed by atoms with E-state index in [2.05, 4.69) is 31.1 Å². The molecule has 1 aromatic carbocycles. The molecule has 0 aliphatic heterocycles. The Labute approximate surface area is 110 Å². The molecule has 1 aromatic rings. The predicted octanol–water partition coefficient (Wildman–Crippen LogP) is 2.42. The van der Waals surface area contributed by atoms with Crippen molar-refractivity contribution in [1.29, 1.82) is 0 Å². The number of anilines is 2. The first-order chi connectivity index (χ1) is 8.54. The molecule has 1 rings (SSSR count). The van der Waals surface area contributed by atoms with Crippen LogP contribution in [0.2, 0.25) is 0 Å². The van der Waals surface area contributed by atoms with E-state index in [4.69, 9.17) is 10.5 Å². The zero-order chi connectivity index (χ0) is 13.5. The topological polar surface area (TPSA) is 50.5 Å². The van der Waals surface area contributed by atoms with E-state index in [1.54, 1.807) is 7.11 Å². The first-order valence-electron chi connectivity index (χ1n) is 6.42. The molecule has 0 fully saturated rings. The highest BCUT2D eigenvalue weighted by Gasteiger charge is 2.03. The van der Waals surface area contributed by atoms with Crippen molar-refractivity contribution < 1.29 is 4.74 Å². The number of rotatable bonds is 7. The predicted molar refractivity (Wildman–Crippen MR) is 78.3 cm³/mol. The van der Waals surface area contributed by atoms with Crippen LogP contribution in [0.25, 0.3) is 0 Å². The van der Waals surface area contributed by atoms with Gasteiger partial charge in [-0.15, -0.1) is 0 Å². The fourth-order valence-electron chi connectivity index (χ4n) is 1.63. The first kappa shape index (κ1) is 14.6. The van der Waals surface area contributed by atoms with Gasteiger partial charge in [-0.3, -0.25) is 0 Å². The van der Waals surface area contributed by atoms with Gasteiger partial charge in [0.25, 0.3) is 0 Å². The Morgan fingerprint density at radius 2 is 2.11 bits per heavy atom. The number of nitrogens with zero attached hydrogens (tertiary/aromatic N) is 1. The van der Waals surface area contributed by atoms with Crippen LogP contribution in [0.5, 0.6) is 5.75 Å². The normalized spacial score (nSPS) is 11.0. The Hall–Kier alpha value is -1.42. The maximum atomic E-state index is 5.91. The van der Waals surface area contributed by atoms with Crippen LogP contribution in [-0.2, 0) is 0 Å². The monoisotopic (exact) mass is 251 g/mol. The van der Waals surface area contributed by atoms with Crippen molar-refractivity contribution in [2.75, 3.05) is 38.3 Å². The molecule has 0 radical (unpaired) electrons. The van der Waals surface area contributed by atoms with Gasteiger partial charge in [0.1, 0.15) is 5.75 Å². The largest absolute Gasteiger partial charge is 0.497 e. The van der Waals surface area contributed by atoms with E-state index in [1.165, 1.54) is 0 Å². The van der Waals surface area contributed by atoms with Gasteiger partial charge in [-0.25, -0.2) is 0 Å². The minimum absolute atomic E-state index is 0.590. The molecule has 0 saturated heterocycles. The van der Waals surface area contributed by atoms with Crippen LogP contribution in [0.1, 0.15) is 20.3 Å². The van der Waals surface area contributed by atoms with Crippen molar-refractivity contribution in [1.82, 2.24) is 4.90 Å². The Kier molecular flexibility index (Phi) is 5.78. The summed E-state index contributed by atoms with van der Waals surface area (Å²) in [6, 6.07) is 6.25. The highest BCUT2D eigenvalue weighted by molar-refractivity contribution is 5.68. The molecular formula is C14H25N3O. The summed E-state index contributed by atoms with van der Waals surface area (Å²) in [5.41, 5.74) is 7.61. The summed E-state index contributed by atoms with van der Waals surface area (Å²) in [6.45, 7) is 6.39. The lowest BCUT2D eigenvalue weighted by molar-refractivity contribution is 0.273. The molecule has 0 atom stereocenters. The minimum atomic E-state index is 0.590. The van der Waals surface area contributed by atoms with Crippen LogP contribution in [0, 0.1) is 0 Å². The summed E-state index contributed by atoms with van der Waals surface area (Å²) in [7, 11) is 3.80. The maximum absolute atomic E-state index is 5.91. The second kappa shape index (κ2) is 7.11. The van der Waals surface area contributed by atoms with Gasteiger partial charge in [0.15, 0.2) is 0 Å².